The number of amides is 1. The molecule has 1 N–H and O–H groups in total. The summed E-state index contributed by atoms with van der Waals surface area (Å²) in [5, 5.41) is 3.05. The van der Waals surface area contributed by atoms with Crippen molar-refractivity contribution in [3.63, 3.8) is 0 Å². The Bertz CT molecular complexity index is 853. The number of hydrogen-bond donors (Lipinski definition) is 1. The molecule has 2 aromatic carbocycles. The number of halogens is 1. The Hall–Kier alpha value is -2.66. The number of hydrogen-bond acceptors (Lipinski definition) is 4. The van der Waals surface area contributed by atoms with Crippen LogP contribution in [-0.2, 0) is 9.53 Å². The zero-order chi connectivity index (χ0) is 20.2. The largest absolute Gasteiger partial charge is 0.451 e. The van der Waals surface area contributed by atoms with Gasteiger partial charge in [-0.1, -0.05) is 44.5 Å². The second-order valence-electron chi connectivity index (χ2n) is 7.17. The van der Waals surface area contributed by atoms with Crippen molar-refractivity contribution >= 4 is 34.9 Å². The summed E-state index contributed by atoms with van der Waals surface area (Å²) < 4.78 is 5.23. The molecule has 0 bridgehead atoms. The molecule has 0 aliphatic rings. The van der Waals surface area contributed by atoms with Crippen LogP contribution in [0.2, 0.25) is 5.02 Å². The molecular formula is C21H22ClNO4. The fourth-order valence-electron chi connectivity index (χ4n) is 2.18. The zero-order valence-corrected chi connectivity index (χ0v) is 16.5. The van der Waals surface area contributed by atoms with Gasteiger partial charge in [-0.15, -0.1) is 0 Å². The summed E-state index contributed by atoms with van der Waals surface area (Å²) in [6.45, 7) is 6.95. The van der Waals surface area contributed by atoms with Crippen molar-refractivity contribution in [3.05, 3.63) is 64.7 Å². The minimum absolute atomic E-state index is 0.122. The zero-order valence-electron chi connectivity index (χ0n) is 15.7. The van der Waals surface area contributed by atoms with Crippen LogP contribution in [0.3, 0.4) is 0 Å². The highest BCUT2D eigenvalue weighted by Gasteiger charge is 2.23. The summed E-state index contributed by atoms with van der Waals surface area (Å²) >= 11 is 5.97. The van der Waals surface area contributed by atoms with Gasteiger partial charge < -0.3 is 10.1 Å². The fraction of sp³-hybridized carbons (Fsp3) is 0.286. The number of carbonyl (C=O) groups excluding carboxylic acids is 3. The molecule has 0 aromatic heterocycles. The van der Waals surface area contributed by atoms with Crippen molar-refractivity contribution < 1.29 is 19.1 Å². The molecule has 2 rings (SSSR count). The highest BCUT2D eigenvalue weighted by molar-refractivity contribution is 6.33. The lowest BCUT2D eigenvalue weighted by Crippen LogP contribution is -2.27. The molecule has 142 valence electrons. The number of nitrogens with one attached hydrogen (secondary N) is 1. The van der Waals surface area contributed by atoms with Gasteiger partial charge in [0, 0.05) is 16.7 Å². The number of ketones is 1. The quantitative estimate of drug-likeness (QED) is 0.593. The second kappa shape index (κ2) is 8.35. The summed E-state index contributed by atoms with van der Waals surface area (Å²) in [7, 11) is 0. The summed E-state index contributed by atoms with van der Waals surface area (Å²) in [5.74, 6) is -1.12. The van der Waals surface area contributed by atoms with Crippen molar-refractivity contribution in [2.24, 2.45) is 5.41 Å². The number of rotatable bonds is 5. The van der Waals surface area contributed by atoms with E-state index in [0.29, 0.717) is 11.3 Å². The van der Waals surface area contributed by atoms with E-state index in [9.17, 15) is 14.4 Å². The third kappa shape index (κ3) is 5.41. The van der Waals surface area contributed by atoms with Gasteiger partial charge in [0.05, 0.1) is 10.6 Å². The van der Waals surface area contributed by atoms with Crippen LogP contribution in [-0.4, -0.2) is 23.8 Å². The van der Waals surface area contributed by atoms with Gasteiger partial charge in [-0.05, 0) is 43.3 Å². The van der Waals surface area contributed by atoms with Gasteiger partial charge in [-0.25, -0.2) is 4.79 Å². The average Bonchev–Trinajstić information content (AvgIpc) is 2.61. The Balaban J connectivity index is 2.03. The molecule has 1 amide bonds. The van der Waals surface area contributed by atoms with E-state index in [0.717, 1.165) is 0 Å². The molecule has 27 heavy (non-hydrogen) atoms. The molecule has 0 saturated heterocycles. The molecule has 0 saturated carbocycles. The lowest BCUT2D eigenvalue weighted by Gasteiger charge is -2.18. The van der Waals surface area contributed by atoms with Gasteiger partial charge in [0.2, 0.25) is 11.7 Å². The van der Waals surface area contributed by atoms with E-state index in [2.05, 4.69) is 5.32 Å². The van der Waals surface area contributed by atoms with E-state index in [-0.39, 0.29) is 22.3 Å². The molecule has 0 fully saturated rings. The van der Waals surface area contributed by atoms with Crippen molar-refractivity contribution in [2.75, 3.05) is 5.32 Å². The van der Waals surface area contributed by atoms with Crippen molar-refractivity contribution in [3.8, 4) is 0 Å². The van der Waals surface area contributed by atoms with E-state index >= 15 is 0 Å². The van der Waals surface area contributed by atoms with Crippen LogP contribution in [0.25, 0.3) is 0 Å². The van der Waals surface area contributed by atoms with Crippen LogP contribution >= 0.6 is 11.6 Å². The van der Waals surface area contributed by atoms with Crippen LogP contribution < -0.4 is 5.32 Å². The molecule has 1 atom stereocenters. The molecule has 0 aliphatic carbocycles. The first-order valence-electron chi connectivity index (χ1n) is 8.51. The minimum Gasteiger partial charge on any atom is -0.451 e. The number of Topliss-reactive ketones (excluding diaryl/α,β-unsaturated/α-hetero) is 1. The predicted molar refractivity (Wildman–Crippen MR) is 105 cm³/mol. The molecular weight excluding hydrogens is 366 g/mol. The van der Waals surface area contributed by atoms with E-state index < -0.39 is 17.5 Å². The average molecular weight is 388 g/mol. The molecule has 0 aliphatic heterocycles. The van der Waals surface area contributed by atoms with Gasteiger partial charge >= 0.3 is 5.97 Å². The van der Waals surface area contributed by atoms with Gasteiger partial charge in [-0.3, -0.25) is 9.59 Å². The SMILES string of the molecule is C[C@H](OC(=O)c1ccccc1Cl)C(=O)c1ccc(NC(=O)C(C)(C)C)cc1. The summed E-state index contributed by atoms with van der Waals surface area (Å²) in [4.78, 5) is 36.7. The van der Waals surface area contributed by atoms with Crippen LogP contribution in [0, 0.1) is 5.41 Å². The van der Waals surface area contributed by atoms with Crippen molar-refractivity contribution in [1.29, 1.82) is 0 Å². The minimum atomic E-state index is -0.969. The van der Waals surface area contributed by atoms with Gasteiger partial charge in [-0.2, -0.15) is 0 Å². The maximum Gasteiger partial charge on any atom is 0.340 e. The standard InChI is InChI=1S/C21H22ClNO4/c1-13(27-19(25)16-7-5-6-8-17(16)22)18(24)14-9-11-15(12-10-14)23-20(26)21(2,3)4/h5-13H,1-4H3,(H,23,26)/t13-/m0/s1. The Kier molecular flexibility index (Phi) is 6.39. The molecule has 2 aromatic rings. The monoisotopic (exact) mass is 387 g/mol. The predicted octanol–water partition coefficient (Wildman–Crippen LogP) is 4.75. The summed E-state index contributed by atoms with van der Waals surface area (Å²) in [6, 6.07) is 12.9. The highest BCUT2D eigenvalue weighted by atomic mass is 35.5. The van der Waals surface area contributed by atoms with E-state index in [1.807, 2.05) is 20.8 Å². The van der Waals surface area contributed by atoms with Crippen LogP contribution in [0.1, 0.15) is 48.4 Å². The van der Waals surface area contributed by atoms with Crippen molar-refractivity contribution in [2.45, 2.75) is 33.8 Å². The van der Waals surface area contributed by atoms with Crippen LogP contribution in [0.4, 0.5) is 5.69 Å². The first-order valence-corrected chi connectivity index (χ1v) is 8.88. The van der Waals surface area contributed by atoms with E-state index in [1.54, 1.807) is 42.5 Å². The normalized spacial score (nSPS) is 12.2. The highest BCUT2D eigenvalue weighted by Crippen LogP contribution is 2.20. The Morgan fingerprint density at radius 3 is 2.15 bits per heavy atom. The van der Waals surface area contributed by atoms with Gasteiger partial charge in [0.25, 0.3) is 0 Å². The topological polar surface area (TPSA) is 72.5 Å². The molecule has 6 heteroatoms. The maximum absolute atomic E-state index is 12.5. The molecule has 5 nitrogen and oxygen atoms in total. The van der Waals surface area contributed by atoms with Crippen LogP contribution in [0.15, 0.2) is 48.5 Å². The molecule has 0 radical (unpaired) electrons. The number of benzene rings is 2. The lowest BCUT2D eigenvalue weighted by atomic mass is 9.95. The number of anilines is 1. The second-order valence-corrected chi connectivity index (χ2v) is 7.58. The third-order valence-electron chi connectivity index (χ3n) is 3.86. The molecule has 0 heterocycles. The molecule has 0 unspecified atom stereocenters. The fourth-order valence-corrected chi connectivity index (χ4v) is 2.39. The maximum atomic E-state index is 12.5. The Morgan fingerprint density at radius 1 is 1.00 bits per heavy atom. The van der Waals surface area contributed by atoms with Crippen LogP contribution in [0.5, 0.6) is 0 Å². The summed E-state index contributed by atoms with van der Waals surface area (Å²) in [5.41, 5.74) is 0.657. The van der Waals surface area contributed by atoms with E-state index in [1.165, 1.54) is 13.0 Å². The Morgan fingerprint density at radius 2 is 1.59 bits per heavy atom. The molecule has 0 spiro atoms. The van der Waals surface area contributed by atoms with Gasteiger partial charge in [0.15, 0.2) is 6.10 Å². The number of carbonyl (C=O) groups is 3. The third-order valence-corrected chi connectivity index (χ3v) is 4.18. The smallest absolute Gasteiger partial charge is 0.340 e. The Labute approximate surface area is 163 Å². The number of esters is 1. The number of ether oxygens (including phenoxy) is 1. The van der Waals surface area contributed by atoms with Crippen molar-refractivity contribution in [1.82, 2.24) is 0 Å². The lowest BCUT2D eigenvalue weighted by molar-refractivity contribution is -0.123. The first kappa shape index (κ1) is 20.6. The van der Waals surface area contributed by atoms with Gasteiger partial charge in [0.1, 0.15) is 0 Å². The summed E-state index contributed by atoms with van der Waals surface area (Å²) in [6.07, 6.45) is -0.969. The van der Waals surface area contributed by atoms with E-state index in [4.69, 9.17) is 16.3 Å². The first-order chi connectivity index (χ1) is 12.6.